The molecule has 0 aliphatic rings. The van der Waals surface area contributed by atoms with Gasteiger partial charge in [0.15, 0.2) is 0 Å². The van der Waals surface area contributed by atoms with Crippen molar-refractivity contribution >= 4 is 5.69 Å². The molecule has 0 spiro atoms. The van der Waals surface area contributed by atoms with Gasteiger partial charge >= 0.3 is 0 Å². The second kappa shape index (κ2) is 6.01. The molecule has 0 fully saturated rings. The molecule has 2 aromatic rings. The van der Waals surface area contributed by atoms with Crippen LogP contribution in [0.3, 0.4) is 0 Å². The molecule has 21 heavy (non-hydrogen) atoms. The second-order valence-electron chi connectivity index (χ2n) is 5.67. The number of nitrogen functional groups attached to an aromatic ring is 1. The summed E-state index contributed by atoms with van der Waals surface area (Å²) in [6.07, 6.45) is 0. The van der Waals surface area contributed by atoms with Crippen LogP contribution in [0.25, 0.3) is 0 Å². The Bertz CT molecular complexity index is 621. The average molecular weight is 288 g/mol. The van der Waals surface area contributed by atoms with Crippen LogP contribution in [-0.4, -0.2) is 15.7 Å². The van der Waals surface area contributed by atoms with Gasteiger partial charge in [-0.1, -0.05) is 12.1 Å². The molecule has 2 rings (SSSR count). The summed E-state index contributed by atoms with van der Waals surface area (Å²) < 4.78 is 11.4. The maximum Gasteiger partial charge on any atom is 0.241 e. The molecule has 0 saturated carbocycles. The third kappa shape index (κ3) is 4.36. The molecule has 3 N–H and O–H groups in total. The Morgan fingerprint density at radius 3 is 2.62 bits per heavy atom. The van der Waals surface area contributed by atoms with Crippen LogP contribution in [0, 0.1) is 0 Å². The van der Waals surface area contributed by atoms with E-state index in [1.807, 2.05) is 32.9 Å². The number of anilines is 1. The number of aliphatic hydroxyl groups excluding tert-OH is 1. The average Bonchev–Trinajstić information content (AvgIpc) is 2.41. The van der Waals surface area contributed by atoms with Gasteiger partial charge in [0, 0.05) is 6.07 Å². The molecule has 1 aromatic heterocycles. The minimum atomic E-state index is -0.392. The number of hydrogen-bond donors (Lipinski definition) is 2. The zero-order chi connectivity index (χ0) is 15.5. The molecule has 0 saturated heterocycles. The van der Waals surface area contributed by atoms with Gasteiger partial charge in [0.25, 0.3) is 0 Å². The van der Waals surface area contributed by atoms with Crippen LogP contribution in [0.15, 0.2) is 36.4 Å². The fraction of sp³-hybridized carbons (Fsp3) is 0.312. The summed E-state index contributed by atoms with van der Waals surface area (Å²) in [5.74, 6) is 1.33. The molecule has 0 unspecified atom stereocenters. The lowest BCUT2D eigenvalue weighted by atomic mass is 10.2. The molecular formula is C16H20N2O3. The number of rotatable bonds is 4. The molecule has 0 aliphatic carbocycles. The van der Waals surface area contributed by atoms with Gasteiger partial charge in [0.2, 0.25) is 11.8 Å². The lowest BCUT2D eigenvalue weighted by Gasteiger charge is -2.21. The van der Waals surface area contributed by atoms with Gasteiger partial charge in [-0.15, -0.1) is 0 Å². The van der Waals surface area contributed by atoms with E-state index in [0.717, 1.165) is 5.56 Å². The Kier molecular flexibility index (Phi) is 4.33. The molecule has 0 aliphatic heterocycles. The Morgan fingerprint density at radius 2 is 1.95 bits per heavy atom. The summed E-state index contributed by atoms with van der Waals surface area (Å²) in [5.41, 5.74) is 6.70. The number of nitrogens with zero attached hydrogens (tertiary/aromatic N) is 1. The van der Waals surface area contributed by atoms with Crippen molar-refractivity contribution in [3.8, 4) is 17.5 Å². The van der Waals surface area contributed by atoms with Crippen molar-refractivity contribution in [1.29, 1.82) is 0 Å². The Labute approximate surface area is 124 Å². The topological polar surface area (TPSA) is 77.6 Å². The van der Waals surface area contributed by atoms with Crippen LogP contribution < -0.4 is 15.2 Å². The molecule has 5 nitrogen and oxygen atoms in total. The minimum Gasteiger partial charge on any atom is -0.470 e. The molecule has 0 atom stereocenters. The number of ether oxygens (including phenoxy) is 2. The summed E-state index contributed by atoms with van der Waals surface area (Å²) in [7, 11) is 0. The number of nitrogens with two attached hydrogens (primary N) is 1. The minimum absolute atomic E-state index is 0.0370. The first-order valence-electron chi connectivity index (χ1n) is 6.70. The summed E-state index contributed by atoms with van der Waals surface area (Å²) in [5, 5.41) is 9.13. The first-order chi connectivity index (χ1) is 9.87. The molecule has 0 bridgehead atoms. The van der Waals surface area contributed by atoms with Crippen LogP contribution in [-0.2, 0) is 6.61 Å². The van der Waals surface area contributed by atoms with E-state index in [-0.39, 0.29) is 6.61 Å². The van der Waals surface area contributed by atoms with Crippen molar-refractivity contribution < 1.29 is 14.6 Å². The third-order valence-electron chi connectivity index (χ3n) is 2.57. The largest absolute Gasteiger partial charge is 0.470 e. The van der Waals surface area contributed by atoms with Crippen molar-refractivity contribution in [3.63, 3.8) is 0 Å². The van der Waals surface area contributed by atoms with Crippen LogP contribution >= 0.6 is 0 Å². The standard InChI is InChI=1S/C16H20N2O3/c1-16(2,3)21-15-13(17)7-8-14(18-15)20-12-6-4-5-11(9-12)10-19/h4-9,19H,10,17H2,1-3H3. The number of benzene rings is 1. The van der Waals surface area contributed by atoms with Crippen molar-refractivity contribution in [2.24, 2.45) is 0 Å². The van der Waals surface area contributed by atoms with Gasteiger partial charge < -0.3 is 20.3 Å². The summed E-state index contributed by atoms with van der Waals surface area (Å²) in [4.78, 5) is 4.28. The predicted octanol–water partition coefficient (Wildman–Crippen LogP) is 3.13. The first-order valence-corrected chi connectivity index (χ1v) is 6.70. The van der Waals surface area contributed by atoms with Crippen molar-refractivity contribution in [1.82, 2.24) is 4.98 Å². The molecule has 1 heterocycles. The van der Waals surface area contributed by atoms with Gasteiger partial charge in [-0.05, 0) is 44.5 Å². The fourth-order valence-electron chi connectivity index (χ4n) is 1.69. The number of aliphatic hydroxyl groups is 1. The van der Waals surface area contributed by atoms with Gasteiger partial charge in [0.05, 0.1) is 12.3 Å². The Hall–Kier alpha value is -2.27. The summed E-state index contributed by atoms with van der Waals surface area (Å²) in [6, 6.07) is 10.5. The van der Waals surface area contributed by atoms with Gasteiger partial charge in [-0.2, -0.15) is 4.98 Å². The van der Waals surface area contributed by atoms with Crippen LogP contribution in [0.5, 0.6) is 17.5 Å². The van der Waals surface area contributed by atoms with Gasteiger partial charge in [0.1, 0.15) is 11.4 Å². The summed E-state index contributed by atoms with van der Waals surface area (Å²) in [6.45, 7) is 5.73. The smallest absolute Gasteiger partial charge is 0.241 e. The van der Waals surface area contributed by atoms with Crippen LogP contribution in [0.4, 0.5) is 5.69 Å². The maximum atomic E-state index is 9.13. The lowest BCUT2D eigenvalue weighted by Crippen LogP contribution is -2.24. The number of hydrogen-bond acceptors (Lipinski definition) is 5. The van der Waals surface area contributed by atoms with E-state index in [0.29, 0.717) is 23.2 Å². The maximum absolute atomic E-state index is 9.13. The van der Waals surface area contributed by atoms with Crippen molar-refractivity contribution in [2.45, 2.75) is 33.0 Å². The zero-order valence-corrected chi connectivity index (χ0v) is 12.5. The Balaban J connectivity index is 2.22. The highest BCUT2D eigenvalue weighted by Crippen LogP contribution is 2.28. The molecule has 112 valence electrons. The van der Waals surface area contributed by atoms with E-state index in [4.69, 9.17) is 20.3 Å². The molecule has 0 amide bonds. The highest BCUT2D eigenvalue weighted by molar-refractivity contribution is 5.50. The quantitative estimate of drug-likeness (QED) is 0.903. The monoisotopic (exact) mass is 288 g/mol. The number of aromatic nitrogens is 1. The van der Waals surface area contributed by atoms with Crippen molar-refractivity contribution in [2.75, 3.05) is 5.73 Å². The van der Waals surface area contributed by atoms with Crippen molar-refractivity contribution in [3.05, 3.63) is 42.0 Å². The molecule has 0 radical (unpaired) electrons. The van der Waals surface area contributed by atoms with E-state index in [2.05, 4.69) is 4.98 Å². The normalized spacial score (nSPS) is 11.2. The molecule has 5 heteroatoms. The summed E-state index contributed by atoms with van der Waals surface area (Å²) >= 11 is 0. The SMILES string of the molecule is CC(C)(C)Oc1nc(Oc2cccc(CO)c2)ccc1N. The van der Waals surface area contributed by atoms with E-state index in [1.165, 1.54) is 0 Å². The number of pyridine rings is 1. The van der Waals surface area contributed by atoms with E-state index < -0.39 is 5.60 Å². The molecule has 1 aromatic carbocycles. The zero-order valence-electron chi connectivity index (χ0n) is 12.5. The van der Waals surface area contributed by atoms with E-state index in [9.17, 15) is 0 Å². The van der Waals surface area contributed by atoms with E-state index >= 15 is 0 Å². The van der Waals surface area contributed by atoms with Gasteiger partial charge in [-0.25, -0.2) is 0 Å². The van der Waals surface area contributed by atoms with E-state index in [1.54, 1.807) is 24.3 Å². The third-order valence-corrected chi connectivity index (χ3v) is 2.57. The Morgan fingerprint density at radius 1 is 1.19 bits per heavy atom. The highest BCUT2D eigenvalue weighted by Gasteiger charge is 2.16. The second-order valence-corrected chi connectivity index (χ2v) is 5.67. The fourth-order valence-corrected chi connectivity index (χ4v) is 1.69. The predicted molar refractivity (Wildman–Crippen MR) is 81.5 cm³/mol. The van der Waals surface area contributed by atoms with Crippen LogP contribution in [0.1, 0.15) is 26.3 Å². The first kappa shape index (κ1) is 15.1. The highest BCUT2D eigenvalue weighted by atomic mass is 16.5. The molecular weight excluding hydrogens is 268 g/mol. The van der Waals surface area contributed by atoms with Crippen LogP contribution in [0.2, 0.25) is 0 Å². The lowest BCUT2D eigenvalue weighted by molar-refractivity contribution is 0.124. The van der Waals surface area contributed by atoms with Gasteiger partial charge in [-0.3, -0.25) is 0 Å².